The van der Waals surface area contributed by atoms with Crippen molar-refractivity contribution in [3.63, 3.8) is 0 Å². The zero-order valence-corrected chi connectivity index (χ0v) is 36.2. The van der Waals surface area contributed by atoms with Crippen LogP contribution in [0.5, 0.6) is 0 Å². The number of hydrogen-bond donors (Lipinski definition) is 0. The molecular weight excluding hydrogens is 709 g/mol. The first kappa shape index (κ1) is 48.4. The maximum Gasteiger partial charge on any atom is 0.137 e. The van der Waals surface area contributed by atoms with Gasteiger partial charge in [0.25, 0.3) is 0 Å². The summed E-state index contributed by atoms with van der Waals surface area (Å²) in [6.07, 6.45) is 30.8. The molecule has 0 N–H and O–H groups in total. The molecule has 0 aliphatic heterocycles. The number of anilines is 2. The Morgan fingerprint density at radius 2 is 0.754 bits per heavy atom. The minimum atomic E-state index is -0.475. The number of benzene rings is 3. The van der Waals surface area contributed by atoms with Crippen molar-refractivity contribution in [3.05, 3.63) is 96.6 Å². The van der Waals surface area contributed by atoms with Crippen LogP contribution in [-0.4, -0.2) is 32.5 Å². The van der Waals surface area contributed by atoms with E-state index in [1.54, 1.807) is 10.5 Å². The van der Waals surface area contributed by atoms with Gasteiger partial charge in [0.1, 0.15) is 12.7 Å². The summed E-state index contributed by atoms with van der Waals surface area (Å²) < 4.78 is 6.21. The van der Waals surface area contributed by atoms with Crippen molar-refractivity contribution in [1.82, 2.24) is 0 Å². The standard InChI is InChI=1S/C50H80N2O5/c1-3-5-7-9-11-13-15-17-19-21-23-34-42-54-51(48-38-30-26-31-39-48)56-46-50(45-53-44-47-36-28-25-29-37-47)57-52(49-40-32-27-33-41-49)55-43-35-24-22-20-18-16-14-12-10-8-6-4-2/h25-33,36-41,50H,3-24,34-35,42-46H2,1-2H3. The third-order valence-electron chi connectivity index (χ3n) is 10.4. The van der Waals surface area contributed by atoms with Crippen LogP contribution in [0.2, 0.25) is 0 Å². The number of nitrogens with zero attached hydrogens (tertiary/aromatic N) is 2. The molecule has 0 radical (unpaired) electrons. The second-order valence-electron chi connectivity index (χ2n) is 15.7. The predicted molar refractivity (Wildman–Crippen MR) is 239 cm³/mol. The molecule has 0 aromatic heterocycles. The second kappa shape index (κ2) is 35.0. The Hall–Kier alpha value is -2.94. The Morgan fingerprint density at radius 3 is 1.19 bits per heavy atom. The van der Waals surface area contributed by atoms with Gasteiger partial charge in [-0.05, 0) is 42.7 Å². The van der Waals surface area contributed by atoms with E-state index in [0.29, 0.717) is 26.4 Å². The Kier molecular flexibility index (Phi) is 29.8. The summed E-state index contributed by atoms with van der Waals surface area (Å²) in [4.78, 5) is 25.5. The molecule has 3 aromatic rings. The van der Waals surface area contributed by atoms with E-state index in [2.05, 4.69) is 26.0 Å². The summed E-state index contributed by atoms with van der Waals surface area (Å²) in [5.41, 5.74) is 2.77. The molecule has 0 fully saturated rings. The second-order valence-corrected chi connectivity index (χ2v) is 15.7. The lowest BCUT2D eigenvalue weighted by atomic mass is 10.1. The molecule has 3 rings (SSSR count). The molecule has 0 aliphatic rings. The summed E-state index contributed by atoms with van der Waals surface area (Å²) in [7, 11) is 0. The van der Waals surface area contributed by atoms with Gasteiger partial charge in [0, 0.05) is 0 Å². The topological polar surface area (TPSA) is 52.6 Å². The number of rotatable bonds is 39. The molecule has 0 bridgehead atoms. The average molecular weight is 789 g/mol. The van der Waals surface area contributed by atoms with E-state index in [9.17, 15) is 0 Å². The van der Waals surface area contributed by atoms with Crippen LogP contribution in [0.1, 0.15) is 174 Å². The summed E-state index contributed by atoms with van der Waals surface area (Å²) >= 11 is 0. The van der Waals surface area contributed by atoms with Crippen LogP contribution in [0.25, 0.3) is 0 Å². The zero-order valence-electron chi connectivity index (χ0n) is 36.2. The van der Waals surface area contributed by atoms with Crippen LogP contribution in [-0.2, 0) is 30.7 Å². The molecule has 0 saturated heterocycles. The summed E-state index contributed by atoms with van der Waals surface area (Å²) in [5.74, 6) is 0. The average Bonchev–Trinajstić information content (AvgIpc) is 3.25. The number of unbranched alkanes of at least 4 members (excludes halogenated alkanes) is 22. The molecule has 1 atom stereocenters. The summed E-state index contributed by atoms with van der Waals surface area (Å²) in [6.45, 7) is 6.71. The zero-order chi connectivity index (χ0) is 40.1. The fourth-order valence-electron chi connectivity index (χ4n) is 6.91. The van der Waals surface area contributed by atoms with Crippen molar-refractivity contribution in [2.75, 3.05) is 36.9 Å². The van der Waals surface area contributed by atoms with Gasteiger partial charge in [0.05, 0.1) is 37.8 Å². The van der Waals surface area contributed by atoms with Gasteiger partial charge in [0.15, 0.2) is 0 Å². The third-order valence-corrected chi connectivity index (χ3v) is 10.4. The SMILES string of the molecule is CCCCCCCCCCCCCCON(OCC(COCc1ccccc1)ON(OCCCCCCCCCCCCCC)c1ccccc1)c1ccccc1. The highest BCUT2D eigenvalue weighted by Crippen LogP contribution is 2.21. The normalized spacial score (nSPS) is 11.9. The van der Waals surface area contributed by atoms with Gasteiger partial charge in [-0.2, -0.15) is 0 Å². The first-order valence-corrected chi connectivity index (χ1v) is 23.2. The van der Waals surface area contributed by atoms with Gasteiger partial charge in [-0.1, -0.05) is 222 Å². The van der Waals surface area contributed by atoms with Gasteiger partial charge in [-0.3, -0.25) is 0 Å². The van der Waals surface area contributed by atoms with E-state index in [1.807, 2.05) is 78.9 Å². The Labute approximate surface area is 348 Å². The predicted octanol–water partition coefficient (Wildman–Crippen LogP) is 14.7. The first-order valence-electron chi connectivity index (χ1n) is 23.2. The minimum absolute atomic E-state index is 0.202. The summed E-state index contributed by atoms with van der Waals surface area (Å²) in [6, 6.07) is 30.2. The highest BCUT2D eigenvalue weighted by molar-refractivity contribution is 5.41. The molecule has 0 spiro atoms. The van der Waals surface area contributed by atoms with Gasteiger partial charge in [0.2, 0.25) is 0 Å². The maximum absolute atomic E-state index is 6.57. The van der Waals surface area contributed by atoms with Crippen molar-refractivity contribution in [2.24, 2.45) is 0 Å². The first-order chi connectivity index (χ1) is 28.3. The van der Waals surface area contributed by atoms with Crippen LogP contribution in [0.4, 0.5) is 11.4 Å². The molecule has 320 valence electrons. The van der Waals surface area contributed by atoms with E-state index in [-0.39, 0.29) is 6.61 Å². The lowest BCUT2D eigenvalue weighted by Crippen LogP contribution is -2.38. The highest BCUT2D eigenvalue weighted by Gasteiger charge is 2.21. The van der Waals surface area contributed by atoms with Crippen LogP contribution in [0.3, 0.4) is 0 Å². The van der Waals surface area contributed by atoms with E-state index in [1.165, 1.54) is 128 Å². The van der Waals surface area contributed by atoms with Crippen molar-refractivity contribution in [2.45, 2.75) is 181 Å². The number of para-hydroxylation sites is 2. The Bertz CT molecular complexity index is 1270. The molecule has 0 amide bonds. The fourth-order valence-corrected chi connectivity index (χ4v) is 6.91. The lowest BCUT2D eigenvalue weighted by Gasteiger charge is -2.29. The molecule has 3 aromatic carbocycles. The Morgan fingerprint density at radius 1 is 0.386 bits per heavy atom. The quantitative estimate of drug-likeness (QED) is 0.0421. The van der Waals surface area contributed by atoms with E-state index < -0.39 is 6.10 Å². The van der Waals surface area contributed by atoms with E-state index >= 15 is 0 Å². The van der Waals surface area contributed by atoms with Gasteiger partial charge in [-0.25, -0.2) is 19.4 Å². The van der Waals surface area contributed by atoms with Crippen molar-refractivity contribution >= 4 is 11.4 Å². The molecule has 0 aliphatic carbocycles. The van der Waals surface area contributed by atoms with Gasteiger partial charge < -0.3 is 4.74 Å². The minimum Gasteiger partial charge on any atom is -0.374 e. The van der Waals surface area contributed by atoms with Crippen LogP contribution in [0, 0.1) is 0 Å². The maximum atomic E-state index is 6.57. The number of hydrogen-bond acceptors (Lipinski definition) is 7. The van der Waals surface area contributed by atoms with E-state index in [4.69, 9.17) is 24.1 Å². The molecular formula is C50H80N2O5. The monoisotopic (exact) mass is 789 g/mol. The smallest absolute Gasteiger partial charge is 0.137 e. The molecule has 57 heavy (non-hydrogen) atoms. The molecule has 7 nitrogen and oxygen atoms in total. The van der Waals surface area contributed by atoms with Crippen LogP contribution in [0.15, 0.2) is 91.0 Å². The Balaban J connectivity index is 1.49. The molecule has 0 saturated carbocycles. The largest absolute Gasteiger partial charge is 0.374 e. The third kappa shape index (κ3) is 25.2. The fraction of sp³-hybridized carbons (Fsp3) is 0.640. The highest BCUT2D eigenvalue weighted by atomic mass is 17.0. The van der Waals surface area contributed by atoms with Crippen LogP contribution < -0.4 is 10.5 Å². The van der Waals surface area contributed by atoms with Crippen molar-refractivity contribution in [3.8, 4) is 0 Å². The van der Waals surface area contributed by atoms with Crippen molar-refractivity contribution < 1.29 is 24.1 Å². The van der Waals surface area contributed by atoms with Gasteiger partial charge in [-0.15, -0.1) is 10.5 Å². The molecule has 7 heteroatoms. The van der Waals surface area contributed by atoms with E-state index in [0.717, 1.165) is 42.6 Å². The number of ether oxygens (including phenoxy) is 1. The van der Waals surface area contributed by atoms with Crippen molar-refractivity contribution in [1.29, 1.82) is 0 Å². The van der Waals surface area contributed by atoms with Crippen LogP contribution >= 0.6 is 0 Å². The van der Waals surface area contributed by atoms with Gasteiger partial charge >= 0.3 is 0 Å². The molecule has 1 unspecified atom stereocenters. The molecule has 0 heterocycles. The lowest BCUT2D eigenvalue weighted by molar-refractivity contribution is -0.178. The summed E-state index contributed by atoms with van der Waals surface area (Å²) in [5, 5.41) is 3.10.